The second kappa shape index (κ2) is 5.65. The second-order valence-electron chi connectivity index (χ2n) is 4.58. The molecule has 100 valence electrons. The SMILES string of the molecule is Cc1cc(C(C)C)nc(Oc2cc(F)cc(Br)c2)n1. The van der Waals surface area contributed by atoms with Crippen LogP contribution in [-0.4, -0.2) is 9.97 Å². The summed E-state index contributed by atoms with van der Waals surface area (Å²) < 4.78 is 19.4. The zero-order valence-electron chi connectivity index (χ0n) is 10.9. The molecule has 1 aromatic carbocycles. The van der Waals surface area contributed by atoms with E-state index in [-0.39, 0.29) is 17.7 Å². The molecule has 0 spiro atoms. The van der Waals surface area contributed by atoms with Crippen molar-refractivity contribution in [1.29, 1.82) is 0 Å². The molecular formula is C14H14BrFN2O. The lowest BCUT2D eigenvalue weighted by Gasteiger charge is -2.09. The minimum absolute atomic E-state index is 0.237. The van der Waals surface area contributed by atoms with Crippen LogP contribution in [0.2, 0.25) is 0 Å². The first-order valence-electron chi connectivity index (χ1n) is 5.93. The maximum atomic E-state index is 13.3. The van der Waals surface area contributed by atoms with Crippen LogP contribution in [0.5, 0.6) is 11.8 Å². The first kappa shape index (κ1) is 13.9. The number of rotatable bonds is 3. The monoisotopic (exact) mass is 324 g/mol. The number of aromatic nitrogens is 2. The van der Waals surface area contributed by atoms with Crippen LogP contribution in [0.25, 0.3) is 0 Å². The van der Waals surface area contributed by atoms with E-state index in [9.17, 15) is 4.39 Å². The molecule has 2 aromatic rings. The molecule has 1 heterocycles. The van der Waals surface area contributed by atoms with Gasteiger partial charge in [-0.15, -0.1) is 0 Å². The summed E-state index contributed by atoms with van der Waals surface area (Å²) in [5.41, 5.74) is 1.72. The predicted octanol–water partition coefficient (Wildman–Crippen LogP) is 4.60. The largest absolute Gasteiger partial charge is 0.424 e. The first-order chi connectivity index (χ1) is 8.94. The molecule has 0 saturated carbocycles. The summed E-state index contributed by atoms with van der Waals surface area (Å²) in [7, 11) is 0. The highest BCUT2D eigenvalue weighted by atomic mass is 79.9. The van der Waals surface area contributed by atoms with E-state index in [0.29, 0.717) is 10.2 Å². The average Bonchev–Trinajstić information content (AvgIpc) is 2.26. The fourth-order valence-corrected chi connectivity index (χ4v) is 2.04. The summed E-state index contributed by atoms with van der Waals surface area (Å²) in [5.74, 6) is 0.275. The summed E-state index contributed by atoms with van der Waals surface area (Å²) >= 11 is 3.22. The van der Waals surface area contributed by atoms with Crippen molar-refractivity contribution in [2.45, 2.75) is 26.7 Å². The lowest BCUT2D eigenvalue weighted by molar-refractivity contribution is 0.432. The minimum Gasteiger partial charge on any atom is -0.424 e. The van der Waals surface area contributed by atoms with E-state index in [4.69, 9.17) is 4.74 Å². The highest BCUT2D eigenvalue weighted by Crippen LogP contribution is 2.25. The molecule has 0 radical (unpaired) electrons. The van der Waals surface area contributed by atoms with Crippen molar-refractivity contribution >= 4 is 15.9 Å². The number of nitrogens with zero attached hydrogens (tertiary/aromatic N) is 2. The van der Waals surface area contributed by atoms with Gasteiger partial charge in [0.15, 0.2) is 0 Å². The zero-order chi connectivity index (χ0) is 14.0. The van der Waals surface area contributed by atoms with Crippen LogP contribution in [0.15, 0.2) is 28.7 Å². The Labute approximate surface area is 120 Å². The van der Waals surface area contributed by atoms with Crippen LogP contribution in [0.3, 0.4) is 0 Å². The summed E-state index contributed by atoms with van der Waals surface area (Å²) in [6, 6.07) is 6.49. The van der Waals surface area contributed by atoms with E-state index in [0.717, 1.165) is 11.4 Å². The molecule has 5 heteroatoms. The molecule has 0 amide bonds. The Kier molecular flexibility index (Phi) is 4.14. The second-order valence-corrected chi connectivity index (χ2v) is 5.49. The zero-order valence-corrected chi connectivity index (χ0v) is 12.5. The van der Waals surface area contributed by atoms with E-state index >= 15 is 0 Å². The van der Waals surface area contributed by atoms with Gasteiger partial charge in [-0.2, -0.15) is 4.98 Å². The molecule has 0 aliphatic heterocycles. The molecule has 0 fully saturated rings. The van der Waals surface area contributed by atoms with Gasteiger partial charge >= 0.3 is 6.01 Å². The van der Waals surface area contributed by atoms with Crippen molar-refractivity contribution in [3.05, 3.63) is 45.9 Å². The smallest absolute Gasteiger partial charge is 0.322 e. The van der Waals surface area contributed by atoms with Crippen molar-refractivity contribution in [3.8, 4) is 11.8 Å². The van der Waals surface area contributed by atoms with Crippen LogP contribution in [0.1, 0.15) is 31.2 Å². The van der Waals surface area contributed by atoms with Crippen molar-refractivity contribution in [1.82, 2.24) is 9.97 Å². The third-order valence-electron chi connectivity index (χ3n) is 2.49. The average molecular weight is 325 g/mol. The van der Waals surface area contributed by atoms with Crippen LogP contribution >= 0.6 is 15.9 Å². The molecule has 1 aromatic heterocycles. The van der Waals surface area contributed by atoms with Crippen LogP contribution in [-0.2, 0) is 0 Å². The third kappa shape index (κ3) is 3.73. The number of hydrogen-bond acceptors (Lipinski definition) is 3. The summed E-state index contributed by atoms with van der Waals surface area (Å²) in [6.07, 6.45) is 0. The Hall–Kier alpha value is -1.49. The maximum Gasteiger partial charge on any atom is 0.322 e. The number of aryl methyl sites for hydroxylation is 1. The van der Waals surface area contributed by atoms with Gasteiger partial charge in [0.1, 0.15) is 11.6 Å². The Balaban J connectivity index is 2.32. The Bertz CT molecular complexity index is 582. The highest BCUT2D eigenvalue weighted by molar-refractivity contribution is 9.10. The van der Waals surface area contributed by atoms with Gasteiger partial charge in [-0.3, -0.25) is 0 Å². The molecule has 0 bridgehead atoms. The van der Waals surface area contributed by atoms with E-state index < -0.39 is 0 Å². The summed E-state index contributed by atoms with van der Waals surface area (Å²) in [4.78, 5) is 8.52. The molecule has 0 aliphatic rings. The lowest BCUT2D eigenvalue weighted by atomic mass is 10.1. The Morgan fingerprint density at radius 3 is 2.53 bits per heavy atom. The third-order valence-corrected chi connectivity index (χ3v) is 2.95. The normalized spacial score (nSPS) is 10.8. The van der Waals surface area contributed by atoms with Crippen LogP contribution in [0.4, 0.5) is 4.39 Å². The molecule has 0 saturated heterocycles. The fraction of sp³-hybridized carbons (Fsp3) is 0.286. The molecule has 0 N–H and O–H groups in total. The van der Waals surface area contributed by atoms with Gasteiger partial charge < -0.3 is 4.74 Å². The Morgan fingerprint density at radius 1 is 1.16 bits per heavy atom. The molecular weight excluding hydrogens is 311 g/mol. The van der Waals surface area contributed by atoms with Crippen molar-refractivity contribution in [2.75, 3.05) is 0 Å². The quantitative estimate of drug-likeness (QED) is 0.827. The van der Waals surface area contributed by atoms with Crippen molar-refractivity contribution in [2.24, 2.45) is 0 Å². The predicted molar refractivity (Wildman–Crippen MR) is 75.0 cm³/mol. The molecule has 0 atom stereocenters. The molecule has 0 aliphatic carbocycles. The van der Waals surface area contributed by atoms with Gasteiger partial charge in [0, 0.05) is 16.2 Å². The number of halogens is 2. The molecule has 3 nitrogen and oxygen atoms in total. The summed E-state index contributed by atoms with van der Waals surface area (Å²) in [6.45, 7) is 5.97. The first-order valence-corrected chi connectivity index (χ1v) is 6.73. The molecule has 19 heavy (non-hydrogen) atoms. The number of ether oxygens (including phenoxy) is 1. The van der Waals surface area contributed by atoms with Crippen molar-refractivity contribution in [3.63, 3.8) is 0 Å². The fourth-order valence-electron chi connectivity index (χ4n) is 1.60. The molecule has 2 rings (SSSR count). The van der Waals surface area contributed by atoms with Gasteiger partial charge in [0.2, 0.25) is 0 Å². The van der Waals surface area contributed by atoms with Gasteiger partial charge in [-0.1, -0.05) is 29.8 Å². The standard InChI is InChI=1S/C14H14BrFN2O/c1-8(2)13-4-9(3)17-14(18-13)19-12-6-10(15)5-11(16)7-12/h4-8H,1-3H3. The van der Waals surface area contributed by atoms with E-state index in [1.807, 2.05) is 26.8 Å². The van der Waals surface area contributed by atoms with E-state index in [1.54, 1.807) is 6.07 Å². The number of benzene rings is 1. The topological polar surface area (TPSA) is 35.0 Å². The summed E-state index contributed by atoms with van der Waals surface area (Å²) in [5, 5.41) is 0. The van der Waals surface area contributed by atoms with Crippen molar-refractivity contribution < 1.29 is 9.13 Å². The van der Waals surface area contributed by atoms with Gasteiger partial charge in [0.25, 0.3) is 0 Å². The van der Waals surface area contributed by atoms with Crippen LogP contribution < -0.4 is 4.74 Å². The van der Waals surface area contributed by atoms with Crippen LogP contribution in [0, 0.1) is 12.7 Å². The van der Waals surface area contributed by atoms with E-state index in [1.165, 1.54) is 12.1 Å². The van der Waals surface area contributed by atoms with Gasteiger partial charge in [-0.05, 0) is 31.0 Å². The maximum absolute atomic E-state index is 13.3. The van der Waals surface area contributed by atoms with Gasteiger partial charge in [-0.25, -0.2) is 9.37 Å². The number of hydrogen-bond donors (Lipinski definition) is 0. The Morgan fingerprint density at radius 2 is 1.89 bits per heavy atom. The molecule has 0 unspecified atom stereocenters. The lowest BCUT2D eigenvalue weighted by Crippen LogP contribution is -2.00. The minimum atomic E-state index is -0.374. The van der Waals surface area contributed by atoms with E-state index in [2.05, 4.69) is 25.9 Å². The highest BCUT2D eigenvalue weighted by Gasteiger charge is 2.08. The van der Waals surface area contributed by atoms with Gasteiger partial charge in [0.05, 0.1) is 5.69 Å².